The summed E-state index contributed by atoms with van der Waals surface area (Å²) in [5.41, 5.74) is 1.57. The zero-order chi connectivity index (χ0) is 23.5. The first-order valence-corrected chi connectivity index (χ1v) is 10.8. The summed E-state index contributed by atoms with van der Waals surface area (Å²) in [6.45, 7) is 7.54. The SMILES string of the molecule is Cc1cccc(C(C)(C)CNC(=O)C2CCN(C(=O)c3ccc(C(F)(F)F)cc3)CC2)c1. The van der Waals surface area contributed by atoms with E-state index < -0.39 is 11.7 Å². The van der Waals surface area contributed by atoms with Crippen molar-refractivity contribution in [1.82, 2.24) is 10.2 Å². The maximum absolute atomic E-state index is 12.7. The molecule has 1 aliphatic rings. The fourth-order valence-electron chi connectivity index (χ4n) is 3.95. The molecule has 0 saturated carbocycles. The largest absolute Gasteiger partial charge is 0.416 e. The standard InChI is InChI=1S/C25H29F3N2O2/c1-17-5-4-6-21(15-17)24(2,3)16-29-22(31)18-11-13-30(14-12-18)23(32)19-7-9-20(10-8-19)25(26,27)28/h4-10,15,18H,11-14,16H2,1-3H3,(H,29,31). The second-order valence-corrected chi connectivity index (χ2v) is 9.11. The van der Waals surface area contributed by atoms with E-state index in [9.17, 15) is 22.8 Å². The van der Waals surface area contributed by atoms with Gasteiger partial charge in [-0.25, -0.2) is 0 Å². The van der Waals surface area contributed by atoms with Gasteiger partial charge in [-0.3, -0.25) is 9.59 Å². The zero-order valence-corrected chi connectivity index (χ0v) is 18.6. The van der Waals surface area contributed by atoms with Gasteiger partial charge >= 0.3 is 6.18 Å². The van der Waals surface area contributed by atoms with Crippen molar-refractivity contribution >= 4 is 11.8 Å². The van der Waals surface area contributed by atoms with E-state index in [1.54, 1.807) is 4.90 Å². The monoisotopic (exact) mass is 446 g/mol. The molecule has 1 N–H and O–H groups in total. The average Bonchev–Trinajstić information content (AvgIpc) is 2.76. The predicted octanol–water partition coefficient (Wildman–Crippen LogP) is 4.96. The normalized spacial score (nSPS) is 15.5. The third-order valence-electron chi connectivity index (χ3n) is 6.12. The summed E-state index contributed by atoms with van der Waals surface area (Å²) in [6.07, 6.45) is -3.37. The number of alkyl halides is 3. The second kappa shape index (κ2) is 9.35. The van der Waals surface area contributed by atoms with Crippen LogP contribution in [-0.4, -0.2) is 36.3 Å². The van der Waals surface area contributed by atoms with Crippen LogP contribution in [0.15, 0.2) is 48.5 Å². The molecule has 0 aromatic heterocycles. The molecule has 2 aromatic rings. The number of hydrogen-bond donors (Lipinski definition) is 1. The van der Waals surface area contributed by atoms with Crippen molar-refractivity contribution in [3.05, 3.63) is 70.8 Å². The number of nitrogens with zero attached hydrogens (tertiary/aromatic N) is 1. The van der Waals surface area contributed by atoms with E-state index in [1.165, 1.54) is 17.7 Å². The van der Waals surface area contributed by atoms with Crippen LogP contribution < -0.4 is 5.32 Å². The first-order valence-electron chi connectivity index (χ1n) is 10.8. The number of hydrogen-bond acceptors (Lipinski definition) is 2. The first-order chi connectivity index (χ1) is 15.0. The van der Waals surface area contributed by atoms with Gasteiger partial charge in [0, 0.05) is 36.5 Å². The van der Waals surface area contributed by atoms with Crippen molar-refractivity contribution in [2.45, 2.75) is 45.2 Å². The molecule has 0 radical (unpaired) electrons. The summed E-state index contributed by atoms with van der Waals surface area (Å²) in [6, 6.07) is 12.5. The summed E-state index contributed by atoms with van der Waals surface area (Å²) < 4.78 is 38.1. The molecule has 172 valence electrons. The van der Waals surface area contributed by atoms with Crippen LogP contribution in [0.25, 0.3) is 0 Å². The van der Waals surface area contributed by atoms with Gasteiger partial charge in [-0.15, -0.1) is 0 Å². The number of aryl methyl sites for hydroxylation is 1. The highest BCUT2D eigenvalue weighted by Gasteiger charge is 2.32. The highest BCUT2D eigenvalue weighted by atomic mass is 19.4. The van der Waals surface area contributed by atoms with Gasteiger partial charge in [0.15, 0.2) is 0 Å². The Balaban J connectivity index is 1.51. The number of nitrogens with one attached hydrogen (secondary N) is 1. The van der Waals surface area contributed by atoms with E-state index in [1.807, 2.05) is 19.1 Å². The number of rotatable bonds is 5. The van der Waals surface area contributed by atoms with Gasteiger partial charge < -0.3 is 10.2 Å². The summed E-state index contributed by atoms with van der Waals surface area (Å²) in [7, 11) is 0. The van der Waals surface area contributed by atoms with Crippen molar-refractivity contribution in [1.29, 1.82) is 0 Å². The van der Waals surface area contributed by atoms with Crippen LogP contribution in [0.2, 0.25) is 0 Å². The van der Waals surface area contributed by atoms with Gasteiger partial charge in [-0.2, -0.15) is 13.2 Å². The Hall–Kier alpha value is -2.83. The highest BCUT2D eigenvalue weighted by molar-refractivity contribution is 5.94. The molecule has 1 fully saturated rings. The van der Waals surface area contributed by atoms with Crippen molar-refractivity contribution in [3.63, 3.8) is 0 Å². The Kier molecular flexibility index (Phi) is 6.96. The van der Waals surface area contributed by atoms with Crippen molar-refractivity contribution < 1.29 is 22.8 Å². The Morgan fingerprint density at radius 2 is 1.62 bits per heavy atom. The number of carbonyl (C=O) groups excluding carboxylic acids is 2. The van der Waals surface area contributed by atoms with Crippen LogP contribution in [-0.2, 0) is 16.4 Å². The number of benzene rings is 2. The topological polar surface area (TPSA) is 49.4 Å². The van der Waals surface area contributed by atoms with Crippen LogP contribution in [0.3, 0.4) is 0 Å². The van der Waals surface area contributed by atoms with E-state index in [4.69, 9.17) is 0 Å². The van der Waals surface area contributed by atoms with Crippen LogP contribution >= 0.6 is 0 Å². The molecule has 3 rings (SSSR count). The number of amides is 2. The molecule has 0 spiro atoms. The molecule has 7 heteroatoms. The molecule has 1 saturated heterocycles. The maximum Gasteiger partial charge on any atom is 0.416 e. The molecular weight excluding hydrogens is 417 g/mol. The van der Waals surface area contributed by atoms with E-state index in [2.05, 4.69) is 31.3 Å². The Morgan fingerprint density at radius 1 is 1.00 bits per heavy atom. The third-order valence-corrected chi connectivity index (χ3v) is 6.12. The van der Waals surface area contributed by atoms with Crippen LogP contribution in [0.4, 0.5) is 13.2 Å². The molecule has 0 bridgehead atoms. The van der Waals surface area contributed by atoms with Crippen molar-refractivity contribution in [2.75, 3.05) is 19.6 Å². The minimum absolute atomic E-state index is 0.0210. The van der Waals surface area contributed by atoms with Crippen molar-refractivity contribution in [3.8, 4) is 0 Å². The van der Waals surface area contributed by atoms with Crippen LogP contribution in [0.1, 0.15) is 53.7 Å². The molecule has 2 amide bonds. The highest BCUT2D eigenvalue weighted by Crippen LogP contribution is 2.29. The summed E-state index contributed by atoms with van der Waals surface area (Å²) in [5, 5.41) is 3.06. The van der Waals surface area contributed by atoms with E-state index in [0.717, 1.165) is 17.7 Å². The van der Waals surface area contributed by atoms with E-state index in [-0.39, 0.29) is 28.7 Å². The molecule has 0 unspecified atom stereocenters. The van der Waals surface area contributed by atoms with Gasteiger partial charge in [0.05, 0.1) is 5.56 Å². The van der Waals surface area contributed by atoms with Gasteiger partial charge in [0.2, 0.25) is 5.91 Å². The lowest BCUT2D eigenvalue weighted by molar-refractivity contribution is -0.137. The average molecular weight is 447 g/mol. The van der Waals surface area contributed by atoms with E-state index in [0.29, 0.717) is 32.5 Å². The van der Waals surface area contributed by atoms with E-state index >= 15 is 0 Å². The fraction of sp³-hybridized carbons (Fsp3) is 0.440. The molecular formula is C25H29F3N2O2. The second-order valence-electron chi connectivity index (χ2n) is 9.11. The van der Waals surface area contributed by atoms with Crippen LogP contribution in [0, 0.1) is 12.8 Å². The Morgan fingerprint density at radius 3 is 2.19 bits per heavy atom. The molecule has 2 aromatic carbocycles. The lowest BCUT2D eigenvalue weighted by atomic mass is 9.83. The number of halogens is 3. The molecule has 0 aliphatic carbocycles. The smallest absolute Gasteiger partial charge is 0.355 e. The van der Waals surface area contributed by atoms with Gasteiger partial charge in [0.25, 0.3) is 5.91 Å². The van der Waals surface area contributed by atoms with Crippen LogP contribution in [0.5, 0.6) is 0 Å². The predicted molar refractivity (Wildman–Crippen MR) is 117 cm³/mol. The lowest BCUT2D eigenvalue weighted by Gasteiger charge is -2.32. The quantitative estimate of drug-likeness (QED) is 0.706. The Labute approximate surface area is 186 Å². The van der Waals surface area contributed by atoms with Crippen molar-refractivity contribution in [2.24, 2.45) is 5.92 Å². The summed E-state index contributed by atoms with van der Waals surface area (Å²) in [4.78, 5) is 26.9. The summed E-state index contributed by atoms with van der Waals surface area (Å²) in [5.74, 6) is -0.509. The van der Waals surface area contributed by atoms with Gasteiger partial charge in [0.1, 0.15) is 0 Å². The molecule has 0 atom stereocenters. The molecule has 32 heavy (non-hydrogen) atoms. The number of piperidine rings is 1. The minimum atomic E-state index is -4.43. The zero-order valence-electron chi connectivity index (χ0n) is 18.6. The minimum Gasteiger partial charge on any atom is -0.355 e. The van der Waals surface area contributed by atoms with Gasteiger partial charge in [-0.05, 0) is 49.6 Å². The molecule has 1 heterocycles. The fourth-order valence-corrected chi connectivity index (χ4v) is 3.95. The number of carbonyl (C=O) groups is 2. The first kappa shape index (κ1) is 23.8. The number of likely N-dealkylation sites (tertiary alicyclic amines) is 1. The Bertz CT molecular complexity index is 960. The molecule has 1 aliphatic heterocycles. The molecule has 4 nitrogen and oxygen atoms in total. The third kappa shape index (κ3) is 5.69. The lowest BCUT2D eigenvalue weighted by Crippen LogP contribution is -2.45. The van der Waals surface area contributed by atoms with Gasteiger partial charge in [-0.1, -0.05) is 43.7 Å². The summed E-state index contributed by atoms with van der Waals surface area (Å²) >= 11 is 0. The maximum atomic E-state index is 12.7.